The minimum absolute atomic E-state index is 0.253. The Kier molecular flexibility index (Phi) is 4.64. The third-order valence-electron chi connectivity index (χ3n) is 4.44. The van der Waals surface area contributed by atoms with Gasteiger partial charge in [-0.3, -0.25) is 0 Å². The van der Waals surface area contributed by atoms with Gasteiger partial charge in [-0.15, -0.1) is 0 Å². The number of fused-ring (bicyclic) bond motifs is 1. The second kappa shape index (κ2) is 6.73. The highest BCUT2D eigenvalue weighted by atomic mass is 16.4. The monoisotopic (exact) mass is 336 g/mol. The van der Waals surface area contributed by atoms with E-state index < -0.39 is 5.97 Å². The van der Waals surface area contributed by atoms with Crippen LogP contribution in [-0.4, -0.2) is 35.1 Å². The lowest BCUT2D eigenvalue weighted by atomic mass is 9.96. The molecular weight excluding hydrogens is 312 g/mol. The fraction of sp³-hybridized carbons (Fsp3) is 0.286. The standard InChI is InChI=1S/C21H24N2O2/c1-13(2)16-6-5-7-17-18(20(21(24)25)22-19(16)17)15-10-8-14(9-11-15)12-23(3)4/h5-11,13,22H,12H2,1-4H3,(H,24,25). The van der Waals surface area contributed by atoms with Crippen LogP contribution in [0.2, 0.25) is 0 Å². The Morgan fingerprint density at radius 2 is 1.80 bits per heavy atom. The average molecular weight is 336 g/mol. The van der Waals surface area contributed by atoms with Crippen molar-refractivity contribution in [2.75, 3.05) is 14.1 Å². The van der Waals surface area contributed by atoms with Gasteiger partial charge in [0.1, 0.15) is 5.69 Å². The van der Waals surface area contributed by atoms with Gasteiger partial charge in [-0.2, -0.15) is 0 Å². The minimum Gasteiger partial charge on any atom is -0.477 e. The third kappa shape index (κ3) is 3.30. The first-order chi connectivity index (χ1) is 11.9. The summed E-state index contributed by atoms with van der Waals surface area (Å²) in [5.41, 5.74) is 5.20. The second-order valence-electron chi connectivity index (χ2n) is 7.04. The molecule has 0 atom stereocenters. The highest BCUT2D eigenvalue weighted by molar-refractivity contribution is 6.08. The van der Waals surface area contributed by atoms with E-state index in [9.17, 15) is 9.90 Å². The van der Waals surface area contributed by atoms with E-state index in [-0.39, 0.29) is 5.69 Å². The van der Waals surface area contributed by atoms with Crippen LogP contribution in [0.1, 0.15) is 41.4 Å². The van der Waals surface area contributed by atoms with Crippen molar-refractivity contribution in [3.05, 3.63) is 59.3 Å². The van der Waals surface area contributed by atoms with Crippen molar-refractivity contribution in [1.29, 1.82) is 0 Å². The van der Waals surface area contributed by atoms with Gasteiger partial charge in [0.2, 0.25) is 0 Å². The van der Waals surface area contributed by atoms with Crippen LogP contribution in [0.5, 0.6) is 0 Å². The largest absolute Gasteiger partial charge is 0.477 e. The molecule has 1 heterocycles. The second-order valence-corrected chi connectivity index (χ2v) is 7.04. The van der Waals surface area contributed by atoms with Crippen LogP contribution >= 0.6 is 0 Å². The lowest BCUT2D eigenvalue weighted by molar-refractivity contribution is 0.0692. The van der Waals surface area contributed by atoms with E-state index in [2.05, 4.69) is 41.9 Å². The Labute approximate surface area is 148 Å². The topological polar surface area (TPSA) is 56.3 Å². The fourth-order valence-corrected chi connectivity index (χ4v) is 3.32. The van der Waals surface area contributed by atoms with Crippen LogP contribution in [0.25, 0.3) is 22.0 Å². The van der Waals surface area contributed by atoms with E-state index in [4.69, 9.17) is 0 Å². The summed E-state index contributed by atoms with van der Waals surface area (Å²) in [5.74, 6) is -0.613. The molecule has 130 valence electrons. The number of para-hydroxylation sites is 1. The molecule has 3 rings (SSSR count). The lowest BCUT2D eigenvalue weighted by Crippen LogP contribution is -2.10. The third-order valence-corrected chi connectivity index (χ3v) is 4.44. The van der Waals surface area contributed by atoms with E-state index in [0.717, 1.165) is 34.1 Å². The zero-order chi connectivity index (χ0) is 18.1. The zero-order valence-corrected chi connectivity index (χ0v) is 15.1. The van der Waals surface area contributed by atoms with Gasteiger partial charge >= 0.3 is 5.97 Å². The molecule has 4 nitrogen and oxygen atoms in total. The van der Waals surface area contributed by atoms with Gasteiger partial charge in [0.15, 0.2) is 0 Å². The summed E-state index contributed by atoms with van der Waals surface area (Å²) in [6.07, 6.45) is 0. The highest BCUT2D eigenvalue weighted by Crippen LogP contribution is 2.36. The van der Waals surface area contributed by atoms with Gasteiger partial charge in [-0.05, 0) is 36.7 Å². The summed E-state index contributed by atoms with van der Waals surface area (Å²) in [6.45, 7) is 5.09. The number of hydrogen-bond donors (Lipinski definition) is 2. The first-order valence-corrected chi connectivity index (χ1v) is 8.50. The number of rotatable bonds is 5. The number of nitrogens with zero attached hydrogens (tertiary/aromatic N) is 1. The van der Waals surface area contributed by atoms with Crippen molar-refractivity contribution in [3.63, 3.8) is 0 Å². The van der Waals surface area contributed by atoms with Crippen LogP contribution in [0, 0.1) is 0 Å². The van der Waals surface area contributed by atoms with Gasteiger partial charge in [0.05, 0.1) is 5.52 Å². The predicted molar refractivity (Wildman–Crippen MR) is 102 cm³/mol. The van der Waals surface area contributed by atoms with Gasteiger partial charge < -0.3 is 15.0 Å². The zero-order valence-electron chi connectivity index (χ0n) is 15.1. The summed E-state index contributed by atoms with van der Waals surface area (Å²) in [6, 6.07) is 14.2. The Balaban J connectivity index is 2.19. The quantitative estimate of drug-likeness (QED) is 0.709. The molecule has 0 fully saturated rings. The Morgan fingerprint density at radius 1 is 1.12 bits per heavy atom. The molecule has 1 aromatic heterocycles. The molecule has 0 saturated heterocycles. The molecular formula is C21H24N2O2. The molecule has 0 aliphatic carbocycles. The Hall–Kier alpha value is -2.59. The van der Waals surface area contributed by atoms with Crippen LogP contribution in [0.4, 0.5) is 0 Å². The smallest absolute Gasteiger partial charge is 0.352 e. The van der Waals surface area contributed by atoms with Gasteiger partial charge in [0, 0.05) is 17.5 Å². The van der Waals surface area contributed by atoms with E-state index in [1.165, 1.54) is 5.56 Å². The molecule has 0 bridgehead atoms. The van der Waals surface area contributed by atoms with Crippen molar-refractivity contribution in [1.82, 2.24) is 9.88 Å². The number of H-pyrrole nitrogens is 1. The van der Waals surface area contributed by atoms with E-state index in [1.54, 1.807) is 0 Å². The number of carboxylic acids is 1. The molecule has 0 aliphatic heterocycles. The van der Waals surface area contributed by atoms with Gasteiger partial charge in [0.25, 0.3) is 0 Å². The molecule has 3 aromatic rings. The molecule has 0 radical (unpaired) electrons. The lowest BCUT2D eigenvalue weighted by Gasteiger charge is -2.10. The number of aromatic amines is 1. The molecule has 2 aromatic carbocycles. The number of aromatic nitrogens is 1. The molecule has 25 heavy (non-hydrogen) atoms. The van der Waals surface area contributed by atoms with E-state index >= 15 is 0 Å². The molecule has 0 saturated carbocycles. The van der Waals surface area contributed by atoms with E-state index in [0.29, 0.717) is 5.92 Å². The number of carbonyl (C=O) groups is 1. The van der Waals surface area contributed by atoms with Crippen molar-refractivity contribution >= 4 is 16.9 Å². The summed E-state index contributed by atoms with van der Waals surface area (Å²) >= 11 is 0. The number of hydrogen-bond acceptors (Lipinski definition) is 2. The first kappa shape index (κ1) is 17.2. The van der Waals surface area contributed by atoms with E-state index in [1.807, 2.05) is 38.4 Å². The van der Waals surface area contributed by atoms with Crippen molar-refractivity contribution in [3.8, 4) is 11.1 Å². The van der Waals surface area contributed by atoms with Crippen molar-refractivity contribution in [2.24, 2.45) is 0 Å². The van der Waals surface area contributed by atoms with Crippen molar-refractivity contribution < 1.29 is 9.90 Å². The molecule has 0 aliphatic rings. The fourth-order valence-electron chi connectivity index (χ4n) is 3.32. The van der Waals surface area contributed by atoms with Crippen LogP contribution < -0.4 is 0 Å². The Bertz CT molecular complexity index is 906. The number of nitrogens with one attached hydrogen (secondary N) is 1. The number of carboxylic acid groups (broad SMARTS) is 1. The molecule has 0 spiro atoms. The SMILES string of the molecule is CC(C)c1cccc2c(-c3ccc(CN(C)C)cc3)c(C(=O)O)[nH]c12. The summed E-state index contributed by atoms with van der Waals surface area (Å²) in [4.78, 5) is 17.1. The van der Waals surface area contributed by atoms with Crippen molar-refractivity contribution in [2.45, 2.75) is 26.3 Å². The molecule has 0 unspecified atom stereocenters. The summed E-state index contributed by atoms with van der Waals surface area (Å²) in [5, 5.41) is 10.7. The van der Waals surface area contributed by atoms with Crippen LogP contribution in [0.3, 0.4) is 0 Å². The maximum Gasteiger partial charge on any atom is 0.352 e. The van der Waals surface area contributed by atoms with Gasteiger partial charge in [-0.25, -0.2) is 4.79 Å². The maximum absolute atomic E-state index is 11.8. The summed E-state index contributed by atoms with van der Waals surface area (Å²) < 4.78 is 0. The molecule has 4 heteroatoms. The normalized spacial score (nSPS) is 11.6. The first-order valence-electron chi connectivity index (χ1n) is 8.50. The predicted octanol–water partition coefficient (Wildman–Crippen LogP) is 4.72. The summed E-state index contributed by atoms with van der Waals surface area (Å²) in [7, 11) is 4.06. The number of aromatic carboxylic acids is 1. The number of benzene rings is 2. The molecule has 0 amide bonds. The molecule has 2 N–H and O–H groups in total. The maximum atomic E-state index is 11.8. The van der Waals surface area contributed by atoms with Gasteiger partial charge in [-0.1, -0.05) is 56.3 Å². The van der Waals surface area contributed by atoms with Crippen LogP contribution in [-0.2, 0) is 6.54 Å². The minimum atomic E-state index is -0.932. The van der Waals surface area contributed by atoms with Crippen LogP contribution in [0.15, 0.2) is 42.5 Å². The highest BCUT2D eigenvalue weighted by Gasteiger charge is 2.20. The Morgan fingerprint density at radius 3 is 2.36 bits per heavy atom. The average Bonchev–Trinajstić information content (AvgIpc) is 2.94.